The zero-order chi connectivity index (χ0) is 14.1. The summed E-state index contributed by atoms with van der Waals surface area (Å²) in [5.74, 6) is 1.94. The van der Waals surface area contributed by atoms with Gasteiger partial charge in [-0.15, -0.1) is 6.58 Å². The lowest BCUT2D eigenvalue weighted by atomic mass is 10.3. The molecule has 0 aliphatic carbocycles. The van der Waals surface area contributed by atoms with Crippen LogP contribution < -0.4 is 10.0 Å². The summed E-state index contributed by atoms with van der Waals surface area (Å²) in [4.78, 5) is 0.293. The number of thioether (sulfide) groups is 1. The molecule has 1 aromatic carbocycles. The van der Waals surface area contributed by atoms with Gasteiger partial charge in [0.15, 0.2) is 0 Å². The number of benzene rings is 1. The van der Waals surface area contributed by atoms with Gasteiger partial charge in [0.2, 0.25) is 10.0 Å². The van der Waals surface area contributed by atoms with Gasteiger partial charge >= 0.3 is 0 Å². The topological polar surface area (TPSA) is 58.2 Å². The van der Waals surface area contributed by atoms with Gasteiger partial charge in [0.25, 0.3) is 0 Å². The minimum atomic E-state index is -3.35. The highest BCUT2D eigenvalue weighted by Crippen LogP contribution is 2.14. The van der Waals surface area contributed by atoms with Crippen molar-refractivity contribution >= 4 is 27.5 Å². The van der Waals surface area contributed by atoms with Gasteiger partial charge in [-0.25, -0.2) is 13.1 Å². The van der Waals surface area contributed by atoms with Crippen LogP contribution in [0.3, 0.4) is 0 Å². The molecule has 0 bridgehead atoms. The zero-order valence-electron chi connectivity index (χ0n) is 11.1. The van der Waals surface area contributed by atoms with Gasteiger partial charge in [-0.1, -0.05) is 13.0 Å². The maximum absolute atomic E-state index is 11.7. The molecule has 0 amide bonds. The van der Waals surface area contributed by atoms with Crippen molar-refractivity contribution in [2.75, 3.05) is 29.9 Å². The number of sulfonamides is 1. The first-order valence-corrected chi connectivity index (χ1v) is 8.76. The van der Waals surface area contributed by atoms with Gasteiger partial charge in [0.05, 0.1) is 4.90 Å². The molecule has 0 heterocycles. The second kappa shape index (κ2) is 8.24. The van der Waals surface area contributed by atoms with Crippen molar-refractivity contribution < 1.29 is 8.42 Å². The lowest BCUT2D eigenvalue weighted by Gasteiger charge is -2.08. The maximum atomic E-state index is 11.7. The fraction of sp³-hybridized carbons (Fsp3) is 0.385. The summed E-state index contributed by atoms with van der Waals surface area (Å²) in [6.07, 6.45) is 1.88. The molecule has 0 unspecified atom stereocenters. The number of rotatable bonds is 9. The lowest BCUT2D eigenvalue weighted by Crippen LogP contribution is -2.23. The van der Waals surface area contributed by atoms with E-state index in [1.54, 1.807) is 43.0 Å². The molecule has 0 fully saturated rings. The van der Waals surface area contributed by atoms with Crippen molar-refractivity contribution in [2.45, 2.75) is 11.8 Å². The largest absolute Gasteiger partial charge is 0.384 e. The van der Waals surface area contributed by atoms with Crippen LogP contribution in [0.1, 0.15) is 6.92 Å². The Hall–Kier alpha value is -0.980. The molecule has 6 heteroatoms. The fourth-order valence-electron chi connectivity index (χ4n) is 1.46. The van der Waals surface area contributed by atoms with Crippen LogP contribution in [-0.2, 0) is 10.0 Å². The normalized spacial score (nSPS) is 11.2. The first kappa shape index (κ1) is 16.1. The predicted molar refractivity (Wildman–Crippen MR) is 83.3 cm³/mol. The van der Waals surface area contributed by atoms with E-state index in [2.05, 4.69) is 16.6 Å². The van der Waals surface area contributed by atoms with E-state index < -0.39 is 10.0 Å². The third kappa shape index (κ3) is 5.67. The Morgan fingerprint density at radius 3 is 2.58 bits per heavy atom. The van der Waals surface area contributed by atoms with Crippen molar-refractivity contribution in [3.05, 3.63) is 36.9 Å². The van der Waals surface area contributed by atoms with Gasteiger partial charge < -0.3 is 5.32 Å². The number of nitrogens with one attached hydrogen (secondary N) is 2. The van der Waals surface area contributed by atoms with E-state index in [9.17, 15) is 8.42 Å². The van der Waals surface area contributed by atoms with Gasteiger partial charge in [-0.2, -0.15) is 11.8 Å². The monoisotopic (exact) mass is 300 g/mol. The number of anilines is 1. The summed E-state index contributed by atoms with van der Waals surface area (Å²) < 4.78 is 25.9. The van der Waals surface area contributed by atoms with Gasteiger partial charge in [0, 0.05) is 30.3 Å². The Morgan fingerprint density at radius 1 is 1.32 bits per heavy atom. The highest BCUT2D eigenvalue weighted by molar-refractivity contribution is 7.99. The van der Waals surface area contributed by atoms with Crippen LogP contribution in [-0.4, -0.2) is 33.0 Å². The first-order chi connectivity index (χ1) is 9.10. The van der Waals surface area contributed by atoms with E-state index in [1.165, 1.54) is 0 Å². The lowest BCUT2D eigenvalue weighted by molar-refractivity contribution is 0.584. The molecule has 0 radical (unpaired) electrons. The molecule has 2 N–H and O–H groups in total. The molecule has 0 aromatic heterocycles. The van der Waals surface area contributed by atoms with Crippen molar-refractivity contribution in [1.29, 1.82) is 0 Å². The Balaban J connectivity index is 2.50. The molecular formula is C13H20N2O2S2. The number of hydrogen-bond donors (Lipinski definition) is 2. The van der Waals surface area contributed by atoms with Crippen molar-refractivity contribution in [3.8, 4) is 0 Å². The van der Waals surface area contributed by atoms with Crippen molar-refractivity contribution in [2.24, 2.45) is 0 Å². The predicted octanol–water partition coefficient (Wildman–Crippen LogP) is 2.32. The van der Waals surface area contributed by atoms with E-state index in [1.807, 2.05) is 6.08 Å². The highest BCUT2D eigenvalue weighted by Gasteiger charge is 2.11. The molecule has 0 aliphatic rings. The summed E-state index contributed by atoms with van der Waals surface area (Å²) in [6, 6.07) is 6.78. The Morgan fingerprint density at radius 2 is 2.00 bits per heavy atom. The molecule has 19 heavy (non-hydrogen) atoms. The van der Waals surface area contributed by atoms with E-state index in [-0.39, 0.29) is 0 Å². The molecule has 4 nitrogen and oxygen atoms in total. The quantitative estimate of drug-likeness (QED) is 0.543. The molecule has 0 spiro atoms. The van der Waals surface area contributed by atoms with E-state index >= 15 is 0 Å². The molecule has 1 rings (SSSR count). The summed E-state index contributed by atoms with van der Waals surface area (Å²) in [7, 11) is -3.35. The standard InChI is InChI=1S/C13H20N2O2S2/c1-3-10-18-11-9-14-12-5-7-13(8-6-12)19(16,17)15-4-2/h3,5-8,14-15H,1,4,9-11H2,2H3. The third-order valence-corrected chi connectivity index (χ3v) is 4.84. The van der Waals surface area contributed by atoms with Crippen LogP contribution in [0.2, 0.25) is 0 Å². The van der Waals surface area contributed by atoms with Crippen LogP contribution in [0.5, 0.6) is 0 Å². The number of hydrogen-bond acceptors (Lipinski definition) is 4. The Bertz CT molecular complexity index is 484. The second-order valence-corrected chi connectivity index (χ2v) is 6.73. The molecule has 0 atom stereocenters. The molecule has 0 aliphatic heterocycles. The minimum absolute atomic E-state index is 0.293. The molecule has 1 aromatic rings. The summed E-state index contributed by atoms with van der Waals surface area (Å²) in [5.41, 5.74) is 0.926. The maximum Gasteiger partial charge on any atom is 0.240 e. The Labute approximate surface area is 119 Å². The fourth-order valence-corrected chi connectivity index (χ4v) is 3.08. The zero-order valence-corrected chi connectivity index (χ0v) is 12.7. The van der Waals surface area contributed by atoms with Crippen LogP contribution in [0.4, 0.5) is 5.69 Å². The summed E-state index contributed by atoms with van der Waals surface area (Å²) in [5, 5.41) is 3.24. The SMILES string of the molecule is C=CCSCCNc1ccc(S(=O)(=O)NCC)cc1. The van der Waals surface area contributed by atoms with Crippen LogP contribution in [0.25, 0.3) is 0 Å². The average Bonchev–Trinajstić information content (AvgIpc) is 2.39. The van der Waals surface area contributed by atoms with Crippen molar-refractivity contribution in [1.82, 2.24) is 4.72 Å². The van der Waals surface area contributed by atoms with E-state index in [4.69, 9.17) is 0 Å². The second-order valence-electron chi connectivity index (χ2n) is 3.82. The summed E-state index contributed by atoms with van der Waals surface area (Å²) in [6.45, 7) is 6.66. The molecule has 0 saturated carbocycles. The smallest absolute Gasteiger partial charge is 0.240 e. The first-order valence-electron chi connectivity index (χ1n) is 6.12. The van der Waals surface area contributed by atoms with Crippen molar-refractivity contribution in [3.63, 3.8) is 0 Å². The van der Waals surface area contributed by atoms with Crippen LogP contribution >= 0.6 is 11.8 Å². The molecular weight excluding hydrogens is 280 g/mol. The van der Waals surface area contributed by atoms with Gasteiger partial charge in [-0.3, -0.25) is 0 Å². The van der Waals surface area contributed by atoms with Crippen LogP contribution in [0.15, 0.2) is 41.8 Å². The molecule has 106 valence electrons. The molecule has 0 saturated heterocycles. The van der Waals surface area contributed by atoms with Gasteiger partial charge in [0.1, 0.15) is 0 Å². The third-order valence-electron chi connectivity index (χ3n) is 2.31. The highest BCUT2D eigenvalue weighted by atomic mass is 32.2. The van der Waals surface area contributed by atoms with Gasteiger partial charge in [-0.05, 0) is 24.3 Å². The minimum Gasteiger partial charge on any atom is -0.384 e. The van der Waals surface area contributed by atoms with E-state index in [0.29, 0.717) is 11.4 Å². The average molecular weight is 300 g/mol. The van der Waals surface area contributed by atoms with E-state index in [0.717, 1.165) is 23.7 Å². The van der Waals surface area contributed by atoms with Crippen LogP contribution in [0, 0.1) is 0 Å². The summed E-state index contributed by atoms with van der Waals surface area (Å²) >= 11 is 1.80. The Kier molecular flexibility index (Phi) is 6.97.